The monoisotopic (exact) mass is 306 g/mol. The van der Waals surface area contributed by atoms with Crippen molar-refractivity contribution >= 4 is 15.7 Å². The molecule has 1 atom stereocenters. The lowest BCUT2D eigenvalue weighted by molar-refractivity contribution is 0.220. The van der Waals surface area contributed by atoms with E-state index in [4.69, 9.17) is 5.73 Å². The molecular weight excluding hydrogens is 288 g/mol. The molecule has 0 fully saturated rings. The Morgan fingerprint density at radius 3 is 2.24 bits per heavy atom. The van der Waals surface area contributed by atoms with E-state index in [2.05, 4.69) is 0 Å². The first-order valence-corrected chi connectivity index (χ1v) is 7.83. The third-order valence-corrected chi connectivity index (χ3v) is 5.10. The van der Waals surface area contributed by atoms with Crippen LogP contribution >= 0.6 is 0 Å². The molecule has 0 aliphatic carbocycles. The molecule has 0 saturated carbocycles. The number of anilines is 1. The van der Waals surface area contributed by atoms with Crippen molar-refractivity contribution in [1.82, 2.24) is 4.31 Å². The van der Waals surface area contributed by atoms with E-state index in [9.17, 15) is 13.5 Å². The van der Waals surface area contributed by atoms with E-state index >= 15 is 0 Å². The predicted molar refractivity (Wildman–Crippen MR) is 82.2 cm³/mol. The molecule has 0 aliphatic heterocycles. The highest BCUT2D eigenvalue weighted by Crippen LogP contribution is 2.28. The minimum Gasteiger partial charge on any atom is -0.398 e. The molecule has 0 saturated heterocycles. The van der Waals surface area contributed by atoms with Gasteiger partial charge in [0.05, 0.1) is 5.69 Å². The molecule has 0 heterocycles. The van der Waals surface area contributed by atoms with Gasteiger partial charge in [-0.15, -0.1) is 0 Å². The summed E-state index contributed by atoms with van der Waals surface area (Å²) in [5.74, 6) is 0. The number of hydrogen-bond donors (Lipinski definition) is 2. The highest BCUT2D eigenvalue weighted by atomic mass is 32.2. The van der Waals surface area contributed by atoms with Gasteiger partial charge in [-0.3, -0.25) is 0 Å². The van der Waals surface area contributed by atoms with Gasteiger partial charge in [-0.2, -0.15) is 0 Å². The summed E-state index contributed by atoms with van der Waals surface area (Å²) in [6.45, 7) is 0. The van der Waals surface area contributed by atoms with Crippen LogP contribution in [0.15, 0.2) is 53.4 Å². The van der Waals surface area contributed by atoms with Crippen molar-refractivity contribution in [3.8, 4) is 0 Å². The molecule has 3 N–H and O–H groups in total. The summed E-state index contributed by atoms with van der Waals surface area (Å²) in [4.78, 5) is -0.0000175. The largest absolute Gasteiger partial charge is 0.398 e. The second-order valence-electron chi connectivity index (χ2n) is 4.90. The number of nitrogens with two attached hydrogens (primary N) is 1. The maximum absolute atomic E-state index is 12.2. The Balaban J connectivity index is 2.49. The summed E-state index contributed by atoms with van der Waals surface area (Å²) in [5.41, 5.74) is 7.10. The molecule has 5 nitrogen and oxygen atoms in total. The van der Waals surface area contributed by atoms with Gasteiger partial charge in [0.1, 0.15) is 11.0 Å². The molecule has 1 unspecified atom stereocenters. The smallest absolute Gasteiger partial charge is 0.244 e. The fourth-order valence-electron chi connectivity index (χ4n) is 1.97. The van der Waals surface area contributed by atoms with Gasteiger partial charge in [0.25, 0.3) is 0 Å². The van der Waals surface area contributed by atoms with E-state index < -0.39 is 16.1 Å². The van der Waals surface area contributed by atoms with Gasteiger partial charge in [-0.1, -0.05) is 36.4 Å². The summed E-state index contributed by atoms with van der Waals surface area (Å²) in [6.07, 6.45) is -0.900. The van der Waals surface area contributed by atoms with E-state index in [1.165, 1.54) is 26.2 Å². The lowest BCUT2D eigenvalue weighted by Crippen LogP contribution is -2.23. The minimum absolute atomic E-state index is 0.0000175. The molecule has 2 aromatic rings. The van der Waals surface area contributed by atoms with Crippen molar-refractivity contribution in [1.29, 1.82) is 0 Å². The molecule has 0 aromatic heterocycles. The normalized spacial score (nSPS) is 13.3. The molecule has 6 heteroatoms. The third-order valence-electron chi connectivity index (χ3n) is 3.23. The van der Waals surface area contributed by atoms with E-state index in [0.717, 1.165) is 4.31 Å². The molecular formula is C15H18N2O3S. The second-order valence-corrected chi connectivity index (χ2v) is 7.02. The van der Waals surface area contributed by atoms with Crippen molar-refractivity contribution in [2.45, 2.75) is 11.0 Å². The number of nitrogen functional groups attached to an aromatic ring is 1. The fraction of sp³-hybridized carbons (Fsp3) is 0.200. The summed E-state index contributed by atoms with van der Waals surface area (Å²) in [5, 5.41) is 10.4. The standard InChI is InChI=1S/C15H18N2O3S/c1-17(2)21(19,20)14-10-12(8-9-13(14)16)15(18)11-6-4-3-5-7-11/h3-10,15,18H,16H2,1-2H3. The van der Waals surface area contributed by atoms with Crippen LogP contribution in [-0.4, -0.2) is 31.9 Å². The van der Waals surface area contributed by atoms with Gasteiger partial charge < -0.3 is 10.8 Å². The van der Waals surface area contributed by atoms with Gasteiger partial charge in [0, 0.05) is 14.1 Å². The summed E-state index contributed by atoms with van der Waals surface area (Å²) in [7, 11) is -0.769. The topological polar surface area (TPSA) is 83.6 Å². The Kier molecular flexibility index (Phi) is 4.32. The zero-order chi connectivity index (χ0) is 15.6. The number of aliphatic hydroxyl groups is 1. The summed E-state index contributed by atoms with van der Waals surface area (Å²) < 4.78 is 25.6. The molecule has 2 rings (SSSR count). The minimum atomic E-state index is -3.65. The summed E-state index contributed by atoms with van der Waals surface area (Å²) in [6, 6.07) is 13.6. The van der Waals surface area contributed by atoms with E-state index in [0.29, 0.717) is 11.1 Å². The first-order valence-electron chi connectivity index (χ1n) is 6.39. The van der Waals surface area contributed by atoms with E-state index in [1.54, 1.807) is 18.2 Å². The number of nitrogens with zero attached hydrogens (tertiary/aromatic N) is 1. The van der Waals surface area contributed by atoms with Crippen LogP contribution in [-0.2, 0) is 10.0 Å². The van der Waals surface area contributed by atoms with Crippen LogP contribution < -0.4 is 5.73 Å². The Labute approximate surface area is 124 Å². The Morgan fingerprint density at radius 2 is 1.67 bits per heavy atom. The van der Waals surface area contributed by atoms with Crippen molar-refractivity contribution < 1.29 is 13.5 Å². The van der Waals surface area contributed by atoms with Crippen LogP contribution in [0.4, 0.5) is 5.69 Å². The number of aliphatic hydroxyl groups excluding tert-OH is 1. The van der Waals surface area contributed by atoms with Crippen LogP contribution in [0, 0.1) is 0 Å². The molecule has 112 valence electrons. The van der Waals surface area contributed by atoms with Gasteiger partial charge in [-0.05, 0) is 23.3 Å². The van der Waals surface area contributed by atoms with Crippen molar-refractivity contribution in [2.24, 2.45) is 0 Å². The van der Waals surface area contributed by atoms with Gasteiger partial charge in [0.15, 0.2) is 0 Å². The van der Waals surface area contributed by atoms with Crippen LogP contribution in [0.5, 0.6) is 0 Å². The molecule has 2 aromatic carbocycles. The maximum Gasteiger partial charge on any atom is 0.244 e. The first kappa shape index (κ1) is 15.5. The van der Waals surface area contributed by atoms with Crippen molar-refractivity contribution in [3.05, 3.63) is 59.7 Å². The van der Waals surface area contributed by atoms with Crippen LogP contribution in [0.3, 0.4) is 0 Å². The van der Waals surface area contributed by atoms with Crippen LogP contribution in [0.2, 0.25) is 0 Å². The van der Waals surface area contributed by atoms with Gasteiger partial charge in [0.2, 0.25) is 10.0 Å². The molecule has 0 radical (unpaired) electrons. The Hall–Kier alpha value is -1.89. The second kappa shape index (κ2) is 5.85. The average Bonchev–Trinajstić information content (AvgIpc) is 2.47. The number of benzene rings is 2. The van der Waals surface area contributed by atoms with Crippen molar-refractivity contribution in [3.63, 3.8) is 0 Å². The fourth-order valence-corrected chi connectivity index (χ4v) is 3.01. The number of hydrogen-bond acceptors (Lipinski definition) is 4. The van der Waals surface area contributed by atoms with Crippen LogP contribution in [0.25, 0.3) is 0 Å². The van der Waals surface area contributed by atoms with E-state index in [1.807, 2.05) is 18.2 Å². The number of sulfonamides is 1. The molecule has 21 heavy (non-hydrogen) atoms. The predicted octanol–water partition coefficient (Wildman–Crippen LogP) is 1.60. The Morgan fingerprint density at radius 1 is 1.05 bits per heavy atom. The van der Waals surface area contributed by atoms with E-state index in [-0.39, 0.29) is 10.6 Å². The van der Waals surface area contributed by atoms with Crippen molar-refractivity contribution in [2.75, 3.05) is 19.8 Å². The highest BCUT2D eigenvalue weighted by Gasteiger charge is 2.22. The lowest BCUT2D eigenvalue weighted by Gasteiger charge is -2.17. The molecule has 0 spiro atoms. The SMILES string of the molecule is CN(C)S(=O)(=O)c1cc(C(O)c2ccccc2)ccc1N. The Bertz CT molecular complexity index is 728. The first-order chi connectivity index (χ1) is 9.84. The summed E-state index contributed by atoms with van der Waals surface area (Å²) >= 11 is 0. The lowest BCUT2D eigenvalue weighted by atomic mass is 10.0. The average molecular weight is 306 g/mol. The quantitative estimate of drug-likeness (QED) is 0.840. The zero-order valence-corrected chi connectivity index (χ0v) is 12.7. The highest BCUT2D eigenvalue weighted by molar-refractivity contribution is 7.89. The van der Waals surface area contributed by atoms with Gasteiger partial charge >= 0.3 is 0 Å². The molecule has 0 amide bonds. The van der Waals surface area contributed by atoms with Crippen LogP contribution in [0.1, 0.15) is 17.2 Å². The molecule has 0 aliphatic rings. The third kappa shape index (κ3) is 3.07. The zero-order valence-electron chi connectivity index (χ0n) is 11.9. The van der Waals surface area contributed by atoms with Gasteiger partial charge in [-0.25, -0.2) is 12.7 Å². The number of rotatable bonds is 4. The molecule has 0 bridgehead atoms. The maximum atomic E-state index is 12.2.